The number of benzene rings is 1. The number of phenolic OH excluding ortho intramolecular Hbond substituents is 1. The second-order valence-corrected chi connectivity index (χ2v) is 3.84. The molecule has 0 aromatic heterocycles. The van der Waals surface area contributed by atoms with Gasteiger partial charge >= 0.3 is 0 Å². The second kappa shape index (κ2) is 8.89. The molecule has 0 heterocycles. The van der Waals surface area contributed by atoms with Crippen molar-refractivity contribution >= 4 is 12.4 Å². The number of hydrogen-bond donors (Lipinski definition) is 2. The lowest BCUT2D eigenvalue weighted by atomic mass is 10.2. The van der Waals surface area contributed by atoms with Gasteiger partial charge in [-0.05, 0) is 30.5 Å². The van der Waals surface area contributed by atoms with Crippen LogP contribution in [0.2, 0.25) is 0 Å². The normalized spacial score (nSPS) is 9.72. The fourth-order valence-corrected chi connectivity index (χ4v) is 1.43. The summed E-state index contributed by atoms with van der Waals surface area (Å²) >= 11 is 0. The van der Waals surface area contributed by atoms with E-state index in [9.17, 15) is 5.11 Å². The summed E-state index contributed by atoms with van der Waals surface area (Å²) in [5, 5.41) is 9.87. The largest absolute Gasteiger partial charge is 0.504 e. The first-order chi connectivity index (χ1) is 8.22. The molecule has 0 amide bonds. The number of aromatic hydroxyl groups is 1. The van der Waals surface area contributed by atoms with Crippen LogP contribution in [0, 0.1) is 0 Å². The zero-order chi connectivity index (χ0) is 12.7. The molecular formula is C13H22ClNO3. The van der Waals surface area contributed by atoms with Gasteiger partial charge in [-0.25, -0.2) is 0 Å². The number of halogens is 1. The van der Waals surface area contributed by atoms with Crippen LogP contribution in [-0.2, 0) is 6.54 Å². The molecule has 104 valence electrons. The van der Waals surface area contributed by atoms with Crippen molar-refractivity contribution in [3.63, 3.8) is 0 Å². The summed E-state index contributed by atoms with van der Waals surface area (Å²) in [5.74, 6) is 1.07. The molecule has 1 aromatic carbocycles. The van der Waals surface area contributed by atoms with Crippen LogP contribution in [0.3, 0.4) is 0 Å². The predicted octanol–water partition coefficient (Wildman–Crippen LogP) is 2.85. The van der Waals surface area contributed by atoms with Gasteiger partial charge in [0.2, 0.25) is 5.75 Å². The van der Waals surface area contributed by atoms with Crippen molar-refractivity contribution in [1.82, 2.24) is 0 Å². The molecule has 0 aliphatic carbocycles. The van der Waals surface area contributed by atoms with Crippen LogP contribution in [0.15, 0.2) is 12.1 Å². The quantitative estimate of drug-likeness (QED) is 0.803. The van der Waals surface area contributed by atoms with Gasteiger partial charge in [0.05, 0.1) is 13.2 Å². The minimum absolute atomic E-state index is 0. The molecule has 0 atom stereocenters. The van der Waals surface area contributed by atoms with Crippen LogP contribution in [0.4, 0.5) is 0 Å². The van der Waals surface area contributed by atoms with Crippen LogP contribution in [0.25, 0.3) is 0 Å². The lowest BCUT2D eigenvalue weighted by Crippen LogP contribution is -2.04. The molecule has 3 N–H and O–H groups in total. The van der Waals surface area contributed by atoms with Crippen LogP contribution >= 0.6 is 12.4 Å². The summed E-state index contributed by atoms with van der Waals surface area (Å²) in [6, 6.07) is 3.43. The Bertz CT molecular complexity index is 358. The molecule has 0 fully saturated rings. The van der Waals surface area contributed by atoms with E-state index in [1.807, 2.05) is 19.9 Å². The Kier molecular flexibility index (Phi) is 8.33. The van der Waals surface area contributed by atoms with Gasteiger partial charge in [-0.1, -0.05) is 13.8 Å². The van der Waals surface area contributed by atoms with Crippen LogP contribution in [0.5, 0.6) is 17.2 Å². The van der Waals surface area contributed by atoms with E-state index in [4.69, 9.17) is 15.2 Å². The van der Waals surface area contributed by atoms with E-state index in [1.54, 1.807) is 6.07 Å². The van der Waals surface area contributed by atoms with Crippen molar-refractivity contribution in [1.29, 1.82) is 0 Å². The molecule has 4 nitrogen and oxygen atoms in total. The maximum absolute atomic E-state index is 9.87. The van der Waals surface area contributed by atoms with Crippen molar-refractivity contribution in [3.8, 4) is 17.2 Å². The standard InChI is InChI=1S/C13H21NO3.ClH/c1-3-5-16-12-8-10(9-14)7-11(15)13(12)17-6-4-2;/h7-8,15H,3-6,9,14H2,1-2H3;1H. The smallest absolute Gasteiger partial charge is 0.203 e. The highest BCUT2D eigenvalue weighted by Gasteiger charge is 2.12. The summed E-state index contributed by atoms with van der Waals surface area (Å²) in [7, 11) is 0. The van der Waals surface area contributed by atoms with E-state index < -0.39 is 0 Å². The van der Waals surface area contributed by atoms with Crippen molar-refractivity contribution in [2.75, 3.05) is 13.2 Å². The molecule has 1 aromatic rings. The molecular weight excluding hydrogens is 254 g/mol. The Labute approximate surface area is 115 Å². The summed E-state index contributed by atoms with van der Waals surface area (Å²) in [6.45, 7) is 5.55. The third-order valence-electron chi connectivity index (χ3n) is 2.24. The monoisotopic (exact) mass is 275 g/mol. The first-order valence-corrected chi connectivity index (χ1v) is 6.04. The Morgan fingerprint density at radius 2 is 1.72 bits per heavy atom. The molecule has 0 aliphatic rings. The highest BCUT2D eigenvalue weighted by Crippen LogP contribution is 2.38. The van der Waals surface area contributed by atoms with Gasteiger partial charge < -0.3 is 20.3 Å². The molecule has 0 bridgehead atoms. The minimum atomic E-state index is 0. The molecule has 0 aliphatic heterocycles. The summed E-state index contributed by atoms with van der Waals surface area (Å²) in [5.41, 5.74) is 6.39. The van der Waals surface area contributed by atoms with Crippen molar-refractivity contribution < 1.29 is 14.6 Å². The Morgan fingerprint density at radius 3 is 2.28 bits per heavy atom. The third-order valence-corrected chi connectivity index (χ3v) is 2.24. The lowest BCUT2D eigenvalue weighted by Gasteiger charge is -2.14. The minimum Gasteiger partial charge on any atom is -0.504 e. The Morgan fingerprint density at radius 1 is 1.11 bits per heavy atom. The average Bonchev–Trinajstić information content (AvgIpc) is 2.34. The zero-order valence-corrected chi connectivity index (χ0v) is 11.8. The first kappa shape index (κ1) is 16.9. The third kappa shape index (κ3) is 4.63. The van der Waals surface area contributed by atoms with Crippen LogP contribution < -0.4 is 15.2 Å². The van der Waals surface area contributed by atoms with Crippen molar-refractivity contribution in [2.45, 2.75) is 33.2 Å². The van der Waals surface area contributed by atoms with Gasteiger partial charge in [0, 0.05) is 6.54 Å². The van der Waals surface area contributed by atoms with Gasteiger partial charge in [0.1, 0.15) is 0 Å². The molecule has 0 unspecified atom stereocenters. The molecule has 5 heteroatoms. The molecule has 1 rings (SSSR count). The first-order valence-electron chi connectivity index (χ1n) is 6.04. The van der Waals surface area contributed by atoms with Gasteiger partial charge in [-0.3, -0.25) is 0 Å². The maximum atomic E-state index is 9.87. The van der Waals surface area contributed by atoms with E-state index in [2.05, 4.69) is 0 Å². The highest BCUT2D eigenvalue weighted by molar-refractivity contribution is 5.85. The van der Waals surface area contributed by atoms with Crippen molar-refractivity contribution in [2.24, 2.45) is 5.73 Å². The van der Waals surface area contributed by atoms with E-state index in [-0.39, 0.29) is 18.2 Å². The van der Waals surface area contributed by atoms with Crippen LogP contribution in [-0.4, -0.2) is 18.3 Å². The summed E-state index contributed by atoms with van der Waals surface area (Å²) in [4.78, 5) is 0. The Balaban J connectivity index is 0.00000289. The number of hydrogen-bond acceptors (Lipinski definition) is 4. The maximum Gasteiger partial charge on any atom is 0.203 e. The predicted molar refractivity (Wildman–Crippen MR) is 74.8 cm³/mol. The summed E-state index contributed by atoms with van der Waals surface area (Å²) < 4.78 is 11.1. The van der Waals surface area contributed by atoms with Gasteiger partial charge in [0.25, 0.3) is 0 Å². The fourth-order valence-electron chi connectivity index (χ4n) is 1.43. The van der Waals surface area contributed by atoms with Crippen LogP contribution in [0.1, 0.15) is 32.3 Å². The molecule has 0 spiro atoms. The van der Waals surface area contributed by atoms with E-state index in [1.165, 1.54) is 0 Å². The number of ether oxygens (including phenoxy) is 2. The van der Waals surface area contributed by atoms with E-state index >= 15 is 0 Å². The van der Waals surface area contributed by atoms with Gasteiger partial charge in [-0.15, -0.1) is 12.4 Å². The fraction of sp³-hybridized carbons (Fsp3) is 0.538. The van der Waals surface area contributed by atoms with E-state index in [0.717, 1.165) is 18.4 Å². The van der Waals surface area contributed by atoms with Gasteiger partial charge in [-0.2, -0.15) is 0 Å². The molecule has 0 saturated heterocycles. The van der Waals surface area contributed by atoms with Gasteiger partial charge in [0.15, 0.2) is 11.5 Å². The Hall–Kier alpha value is -1.13. The van der Waals surface area contributed by atoms with Crippen molar-refractivity contribution in [3.05, 3.63) is 17.7 Å². The molecule has 0 radical (unpaired) electrons. The molecule has 18 heavy (non-hydrogen) atoms. The number of rotatable bonds is 7. The lowest BCUT2D eigenvalue weighted by molar-refractivity contribution is 0.257. The second-order valence-electron chi connectivity index (χ2n) is 3.84. The zero-order valence-electron chi connectivity index (χ0n) is 10.9. The number of nitrogens with two attached hydrogens (primary N) is 1. The summed E-state index contributed by atoms with van der Waals surface area (Å²) in [6.07, 6.45) is 1.78. The topological polar surface area (TPSA) is 64.7 Å². The molecule has 0 saturated carbocycles. The van der Waals surface area contributed by atoms with E-state index in [0.29, 0.717) is 31.3 Å². The highest BCUT2D eigenvalue weighted by atomic mass is 35.5. The number of phenols is 1. The SMILES string of the molecule is CCCOc1cc(CN)cc(O)c1OCCC.Cl. The average molecular weight is 276 g/mol.